The van der Waals surface area contributed by atoms with Gasteiger partial charge in [0.2, 0.25) is 5.15 Å². The molecule has 106 valence electrons. The van der Waals surface area contributed by atoms with Gasteiger partial charge in [-0.05, 0) is 13.0 Å². The summed E-state index contributed by atoms with van der Waals surface area (Å²) in [6, 6.07) is 2.93. The van der Waals surface area contributed by atoms with Gasteiger partial charge in [0.25, 0.3) is 0 Å². The number of nitro groups is 1. The Bertz CT molecular complexity index is 635. The maximum absolute atomic E-state index is 10.7. The quantitative estimate of drug-likeness (QED) is 0.473. The lowest BCUT2D eigenvalue weighted by atomic mass is 10.3. The van der Waals surface area contributed by atoms with Gasteiger partial charge in [0, 0.05) is 23.7 Å². The highest BCUT2D eigenvalue weighted by Gasteiger charge is 2.16. The molecule has 0 fully saturated rings. The van der Waals surface area contributed by atoms with Gasteiger partial charge < -0.3 is 4.90 Å². The molecule has 0 spiro atoms. The summed E-state index contributed by atoms with van der Waals surface area (Å²) in [6.45, 7) is 3.21. The molecule has 2 rings (SSSR count). The summed E-state index contributed by atoms with van der Waals surface area (Å²) >= 11 is 13.0. The van der Waals surface area contributed by atoms with Crippen molar-refractivity contribution in [3.8, 4) is 0 Å². The molecule has 20 heavy (non-hydrogen) atoms. The maximum atomic E-state index is 10.7. The van der Waals surface area contributed by atoms with Crippen molar-refractivity contribution in [3.63, 3.8) is 0 Å². The highest BCUT2D eigenvalue weighted by molar-refractivity contribution is 7.15. The van der Waals surface area contributed by atoms with E-state index in [1.54, 1.807) is 12.3 Å². The van der Waals surface area contributed by atoms with Gasteiger partial charge in [-0.3, -0.25) is 10.1 Å². The molecule has 0 aliphatic carbocycles. The second-order valence-electron chi connectivity index (χ2n) is 3.83. The van der Waals surface area contributed by atoms with Crippen LogP contribution in [0, 0.1) is 10.1 Å². The van der Waals surface area contributed by atoms with Gasteiger partial charge in [-0.2, -0.15) is 0 Å². The number of anilines is 1. The molecule has 0 N–H and O–H groups in total. The zero-order chi connectivity index (χ0) is 14.7. The van der Waals surface area contributed by atoms with Crippen LogP contribution in [-0.4, -0.2) is 21.4 Å². The number of hydrogen-bond acceptors (Lipinski definition) is 6. The normalized spacial score (nSPS) is 10.6. The standard InChI is InChI=1S/C11H10Cl2N4O2S/c1-2-16(6-7-5-14-11(13)20-7)9-4-3-8(17(18)19)10(12)15-9/h3-5H,2,6H2,1H3. The average molecular weight is 333 g/mol. The first-order valence-electron chi connectivity index (χ1n) is 5.67. The summed E-state index contributed by atoms with van der Waals surface area (Å²) in [7, 11) is 0. The maximum Gasteiger partial charge on any atom is 0.306 e. The van der Waals surface area contributed by atoms with Crippen LogP contribution in [0.25, 0.3) is 0 Å². The van der Waals surface area contributed by atoms with Crippen LogP contribution >= 0.6 is 34.5 Å². The van der Waals surface area contributed by atoms with Crippen molar-refractivity contribution in [2.75, 3.05) is 11.4 Å². The minimum Gasteiger partial charge on any atom is -0.352 e. The number of rotatable bonds is 5. The molecule has 0 saturated carbocycles. The third-order valence-corrected chi connectivity index (χ3v) is 3.97. The molecule has 0 saturated heterocycles. The average Bonchev–Trinajstić information content (AvgIpc) is 2.81. The van der Waals surface area contributed by atoms with Gasteiger partial charge in [0.15, 0.2) is 4.47 Å². The van der Waals surface area contributed by atoms with Gasteiger partial charge in [-0.25, -0.2) is 9.97 Å². The van der Waals surface area contributed by atoms with E-state index in [0.717, 1.165) is 4.88 Å². The van der Waals surface area contributed by atoms with Crippen LogP contribution in [0.15, 0.2) is 18.3 Å². The van der Waals surface area contributed by atoms with E-state index < -0.39 is 4.92 Å². The van der Waals surface area contributed by atoms with E-state index in [0.29, 0.717) is 23.4 Å². The molecule has 0 aromatic carbocycles. The van der Waals surface area contributed by atoms with Crippen LogP contribution in [0.4, 0.5) is 11.5 Å². The Morgan fingerprint density at radius 3 is 2.70 bits per heavy atom. The minimum atomic E-state index is -0.557. The Kier molecular flexibility index (Phi) is 4.74. The van der Waals surface area contributed by atoms with Crippen molar-refractivity contribution in [1.82, 2.24) is 9.97 Å². The molecule has 2 aromatic heterocycles. The summed E-state index contributed by atoms with van der Waals surface area (Å²) in [5.41, 5.74) is -0.202. The fourth-order valence-corrected chi connectivity index (χ4v) is 2.84. The number of pyridine rings is 1. The van der Waals surface area contributed by atoms with Crippen molar-refractivity contribution < 1.29 is 4.92 Å². The van der Waals surface area contributed by atoms with Crippen molar-refractivity contribution in [1.29, 1.82) is 0 Å². The van der Waals surface area contributed by atoms with Crippen LogP contribution in [0.3, 0.4) is 0 Å². The predicted octanol–water partition coefficient (Wildman–Crippen LogP) is 3.78. The molecule has 6 nitrogen and oxygen atoms in total. The van der Waals surface area contributed by atoms with Crippen LogP contribution in [-0.2, 0) is 6.54 Å². The second kappa shape index (κ2) is 6.34. The Labute approximate surface area is 129 Å². The van der Waals surface area contributed by atoms with E-state index >= 15 is 0 Å². The number of hydrogen-bond donors (Lipinski definition) is 0. The van der Waals surface area contributed by atoms with E-state index in [1.165, 1.54) is 17.4 Å². The van der Waals surface area contributed by atoms with Crippen LogP contribution in [0.5, 0.6) is 0 Å². The number of thiazole rings is 1. The van der Waals surface area contributed by atoms with Gasteiger partial charge >= 0.3 is 5.69 Å². The highest BCUT2D eigenvalue weighted by atomic mass is 35.5. The lowest BCUT2D eigenvalue weighted by Gasteiger charge is -2.20. The summed E-state index contributed by atoms with van der Waals surface area (Å²) in [4.78, 5) is 21.1. The molecular weight excluding hydrogens is 323 g/mol. The molecule has 0 aliphatic rings. The second-order valence-corrected chi connectivity index (χ2v) is 5.89. The first-order chi connectivity index (χ1) is 9.51. The van der Waals surface area contributed by atoms with E-state index in [2.05, 4.69) is 9.97 Å². The monoisotopic (exact) mass is 332 g/mol. The molecule has 0 aliphatic heterocycles. The molecule has 0 radical (unpaired) electrons. The number of halogens is 2. The van der Waals surface area contributed by atoms with Crippen molar-refractivity contribution in [3.05, 3.63) is 42.9 Å². The van der Waals surface area contributed by atoms with Crippen LogP contribution in [0.2, 0.25) is 9.62 Å². The number of aromatic nitrogens is 2. The molecule has 0 atom stereocenters. The molecule has 0 bridgehead atoms. The van der Waals surface area contributed by atoms with Crippen LogP contribution in [0.1, 0.15) is 11.8 Å². The van der Waals surface area contributed by atoms with E-state index in [4.69, 9.17) is 23.2 Å². The first kappa shape index (κ1) is 15.0. The lowest BCUT2D eigenvalue weighted by molar-refractivity contribution is -0.385. The third kappa shape index (κ3) is 3.36. The molecule has 0 amide bonds. The first-order valence-corrected chi connectivity index (χ1v) is 7.24. The lowest BCUT2D eigenvalue weighted by Crippen LogP contribution is -2.22. The van der Waals surface area contributed by atoms with Crippen molar-refractivity contribution >= 4 is 46.0 Å². The Morgan fingerprint density at radius 2 is 2.20 bits per heavy atom. The minimum absolute atomic E-state index is 0.117. The van der Waals surface area contributed by atoms with Gasteiger partial charge in [0.05, 0.1) is 11.5 Å². The topological polar surface area (TPSA) is 72.2 Å². The fraction of sp³-hybridized carbons (Fsp3) is 0.273. The largest absolute Gasteiger partial charge is 0.352 e. The van der Waals surface area contributed by atoms with Gasteiger partial charge in [-0.15, -0.1) is 11.3 Å². The number of nitrogens with zero attached hydrogens (tertiary/aromatic N) is 4. The molecule has 0 unspecified atom stereocenters. The Hall–Kier alpha value is -1.44. The predicted molar refractivity (Wildman–Crippen MR) is 79.7 cm³/mol. The van der Waals surface area contributed by atoms with Crippen LogP contribution < -0.4 is 4.90 Å². The van der Waals surface area contributed by atoms with E-state index in [9.17, 15) is 10.1 Å². The van der Waals surface area contributed by atoms with Gasteiger partial charge in [0.1, 0.15) is 5.82 Å². The van der Waals surface area contributed by atoms with E-state index in [1.807, 2.05) is 11.8 Å². The smallest absolute Gasteiger partial charge is 0.306 e. The zero-order valence-corrected chi connectivity index (χ0v) is 12.7. The molecule has 2 aromatic rings. The van der Waals surface area contributed by atoms with E-state index in [-0.39, 0.29) is 10.8 Å². The molecular formula is C11H10Cl2N4O2S. The zero-order valence-electron chi connectivity index (χ0n) is 10.4. The Balaban J connectivity index is 2.23. The summed E-state index contributed by atoms with van der Waals surface area (Å²) in [5, 5.41) is 10.6. The SMILES string of the molecule is CCN(Cc1cnc(Cl)s1)c1ccc([N+](=O)[O-])c(Cl)n1. The fourth-order valence-electron chi connectivity index (χ4n) is 1.63. The Morgan fingerprint density at radius 1 is 1.45 bits per heavy atom. The third-order valence-electron chi connectivity index (χ3n) is 2.59. The molecule has 2 heterocycles. The van der Waals surface area contributed by atoms with Crippen molar-refractivity contribution in [2.24, 2.45) is 0 Å². The molecule has 9 heteroatoms. The summed E-state index contributed by atoms with van der Waals surface area (Å²) in [6.07, 6.45) is 1.70. The van der Waals surface area contributed by atoms with Crippen molar-refractivity contribution in [2.45, 2.75) is 13.5 Å². The summed E-state index contributed by atoms with van der Waals surface area (Å²) in [5.74, 6) is 0.577. The summed E-state index contributed by atoms with van der Waals surface area (Å²) < 4.78 is 0.478. The highest BCUT2D eigenvalue weighted by Crippen LogP contribution is 2.27. The van der Waals surface area contributed by atoms with Gasteiger partial charge in [-0.1, -0.05) is 23.2 Å².